The highest BCUT2D eigenvalue weighted by molar-refractivity contribution is 5.86. The van der Waals surface area contributed by atoms with E-state index >= 15 is 0 Å². The van der Waals surface area contributed by atoms with Gasteiger partial charge in [-0.1, -0.05) is 0 Å². The van der Waals surface area contributed by atoms with Crippen LogP contribution in [0.1, 0.15) is 25.7 Å². The zero-order valence-corrected chi connectivity index (χ0v) is 17.0. The number of carbonyl (C=O) groups excluding carboxylic acids is 2. The van der Waals surface area contributed by atoms with Gasteiger partial charge in [-0.2, -0.15) is 0 Å². The number of nitrogens with two attached hydrogens (primary N) is 1. The van der Waals surface area contributed by atoms with Crippen LogP contribution in [0.25, 0.3) is 0 Å². The van der Waals surface area contributed by atoms with Gasteiger partial charge in [0.05, 0.1) is 26.4 Å². The van der Waals surface area contributed by atoms with Gasteiger partial charge >= 0.3 is 23.9 Å². The zero-order chi connectivity index (χ0) is 23.6. The second kappa shape index (κ2) is 16.8. The number of hydrogen-bond acceptors (Lipinski definition) is 8. The van der Waals surface area contributed by atoms with E-state index in [2.05, 4.69) is 10.6 Å². The number of carboxylic acid groups (broad SMARTS) is 3. The van der Waals surface area contributed by atoms with Crippen LogP contribution in [0.4, 0.5) is 4.79 Å². The first-order valence-corrected chi connectivity index (χ1v) is 9.54. The Balaban J connectivity index is 4.25. The van der Waals surface area contributed by atoms with Gasteiger partial charge in [0.15, 0.2) is 0 Å². The Hall–Kier alpha value is -2.97. The Morgan fingerprint density at radius 1 is 0.774 bits per heavy atom. The summed E-state index contributed by atoms with van der Waals surface area (Å²) in [5.74, 6) is -4.58. The van der Waals surface area contributed by atoms with Crippen molar-refractivity contribution in [3.63, 3.8) is 0 Å². The lowest BCUT2D eigenvalue weighted by atomic mass is 10.1. The first-order chi connectivity index (χ1) is 14.7. The minimum Gasteiger partial charge on any atom is -0.481 e. The van der Waals surface area contributed by atoms with E-state index in [0.717, 1.165) is 0 Å². The Morgan fingerprint density at radius 3 is 1.77 bits per heavy atom. The molecule has 0 bridgehead atoms. The highest BCUT2D eigenvalue weighted by Gasteiger charge is 2.25. The van der Waals surface area contributed by atoms with Gasteiger partial charge in [-0.25, -0.2) is 14.4 Å². The van der Waals surface area contributed by atoms with Gasteiger partial charge in [0.2, 0.25) is 5.91 Å². The molecule has 0 saturated carbocycles. The quantitative estimate of drug-likeness (QED) is 0.112. The van der Waals surface area contributed by atoms with E-state index in [1.807, 2.05) is 5.32 Å². The zero-order valence-electron chi connectivity index (χ0n) is 17.0. The number of nitrogens with one attached hydrogen (secondary N) is 3. The fourth-order valence-corrected chi connectivity index (χ4v) is 2.17. The van der Waals surface area contributed by atoms with Gasteiger partial charge < -0.3 is 46.5 Å². The lowest BCUT2D eigenvalue weighted by Gasteiger charge is -2.18. The van der Waals surface area contributed by atoms with E-state index in [4.69, 9.17) is 25.4 Å². The predicted molar refractivity (Wildman–Crippen MR) is 104 cm³/mol. The van der Waals surface area contributed by atoms with Crippen LogP contribution in [-0.4, -0.2) is 96.8 Å². The first-order valence-electron chi connectivity index (χ1n) is 9.54. The average Bonchev–Trinajstić information content (AvgIpc) is 2.69. The molecule has 31 heavy (non-hydrogen) atoms. The second-order valence-electron chi connectivity index (χ2n) is 6.23. The fraction of sp³-hybridized carbons (Fsp3) is 0.706. The number of aliphatic carboxylic acids is 3. The number of carboxylic acids is 3. The molecule has 0 aromatic heterocycles. The molecule has 0 aliphatic carbocycles. The van der Waals surface area contributed by atoms with Crippen LogP contribution in [0.5, 0.6) is 0 Å². The van der Waals surface area contributed by atoms with Crippen molar-refractivity contribution >= 4 is 29.8 Å². The smallest absolute Gasteiger partial charge is 0.326 e. The van der Waals surface area contributed by atoms with E-state index < -0.39 is 48.4 Å². The third kappa shape index (κ3) is 15.5. The summed E-state index contributed by atoms with van der Waals surface area (Å²) in [5, 5.41) is 33.4. The summed E-state index contributed by atoms with van der Waals surface area (Å²) >= 11 is 0. The van der Waals surface area contributed by atoms with Crippen LogP contribution in [0.3, 0.4) is 0 Å². The third-order valence-electron chi connectivity index (χ3n) is 3.72. The van der Waals surface area contributed by atoms with Gasteiger partial charge in [0.1, 0.15) is 12.1 Å². The monoisotopic (exact) mass is 450 g/mol. The molecule has 2 atom stereocenters. The van der Waals surface area contributed by atoms with Crippen molar-refractivity contribution in [2.75, 3.05) is 39.5 Å². The van der Waals surface area contributed by atoms with E-state index in [1.54, 1.807) is 0 Å². The summed E-state index contributed by atoms with van der Waals surface area (Å²) in [6, 6.07) is -4.05. The molecule has 0 rings (SSSR count). The van der Waals surface area contributed by atoms with Gasteiger partial charge in [-0.3, -0.25) is 9.59 Å². The first kappa shape index (κ1) is 28.0. The van der Waals surface area contributed by atoms with Crippen molar-refractivity contribution < 1.29 is 48.8 Å². The molecule has 14 heteroatoms. The topological polar surface area (TPSA) is 227 Å². The van der Waals surface area contributed by atoms with Crippen LogP contribution < -0.4 is 21.7 Å². The number of ether oxygens (including phenoxy) is 2. The molecule has 0 aliphatic rings. The van der Waals surface area contributed by atoms with Crippen LogP contribution in [0, 0.1) is 0 Å². The molecule has 0 saturated heterocycles. The molecular formula is C17H30N4O10. The van der Waals surface area contributed by atoms with Crippen LogP contribution in [0.15, 0.2) is 0 Å². The number of urea groups is 1. The fourth-order valence-electron chi connectivity index (χ4n) is 2.17. The number of hydrogen-bond donors (Lipinski definition) is 7. The van der Waals surface area contributed by atoms with Crippen LogP contribution >= 0.6 is 0 Å². The third-order valence-corrected chi connectivity index (χ3v) is 3.72. The van der Waals surface area contributed by atoms with Crippen molar-refractivity contribution in [1.82, 2.24) is 16.0 Å². The number of amides is 3. The Bertz CT molecular complexity index is 601. The van der Waals surface area contributed by atoms with Crippen molar-refractivity contribution in [2.24, 2.45) is 5.73 Å². The summed E-state index contributed by atoms with van der Waals surface area (Å²) in [4.78, 5) is 56.5. The van der Waals surface area contributed by atoms with Crippen LogP contribution in [0.2, 0.25) is 0 Å². The maximum absolute atomic E-state index is 11.9. The van der Waals surface area contributed by atoms with Gasteiger partial charge in [0.25, 0.3) is 0 Å². The van der Waals surface area contributed by atoms with Crippen molar-refractivity contribution in [3.8, 4) is 0 Å². The molecule has 178 valence electrons. The van der Waals surface area contributed by atoms with E-state index in [9.17, 15) is 29.1 Å². The maximum Gasteiger partial charge on any atom is 0.326 e. The molecule has 0 fully saturated rings. The predicted octanol–water partition coefficient (Wildman–Crippen LogP) is -2.05. The summed E-state index contributed by atoms with van der Waals surface area (Å²) in [5.41, 5.74) is 5.25. The molecule has 3 amide bonds. The van der Waals surface area contributed by atoms with E-state index in [-0.39, 0.29) is 32.4 Å². The molecule has 0 radical (unpaired) electrons. The Morgan fingerprint density at radius 2 is 1.29 bits per heavy atom. The number of carbonyl (C=O) groups is 5. The number of rotatable bonds is 18. The highest BCUT2D eigenvalue weighted by Crippen LogP contribution is 2.01. The highest BCUT2D eigenvalue weighted by atomic mass is 16.5. The SMILES string of the molecule is NCCOCCOCCNC(=O)CC[C@H](NC(=O)N[C@@H](CCC(=O)O)C(=O)O)C(=O)O. The van der Waals surface area contributed by atoms with Gasteiger partial charge in [-0.15, -0.1) is 0 Å². The Kier molecular flexibility index (Phi) is 15.2. The normalized spacial score (nSPS) is 12.4. The van der Waals surface area contributed by atoms with Gasteiger partial charge in [0, 0.05) is 25.9 Å². The molecule has 0 heterocycles. The molecule has 8 N–H and O–H groups in total. The average molecular weight is 450 g/mol. The molecule has 0 aliphatic heterocycles. The minimum atomic E-state index is -1.51. The largest absolute Gasteiger partial charge is 0.481 e. The Labute approximate surface area is 178 Å². The lowest BCUT2D eigenvalue weighted by molar-refractivity contribution is -0.141. The van der Waals surface area contributed by atoms with E-state index in [1.165, 1.54) is 0 Å². The molecule has 0 unspecified atom stereocenters. The molecule has 0 aromatic rings. The van der Waals surface area contributed by atoms with Crippen molar-refractivity contribution in [2.45, 2.75) is 37.8 Å². The molecular weight excluding hydrogens is 420 g/mol. The lowest BCUT2D eigenvalue weighted by Crippen LogP contribution is -2.51. The van der Waals surface area contributed by atoms with Crippen molar-refractivity contribution in [3.05, 3.63) is 0 Å². The van der Waals surface area contributed by atoms with E-state index in [0.29, 0.717) is 26.4 Å². The van der Waals surface area contributed by atoms with Crippen molar-refractivity contribution in [1.29, 1.82) is 0 Å². The summed E-state index contributed by atoms with van der Waals surface area (Å²) < 4.78 is 10.3. The second-order valence-corrected chi connectivity index (χ2v) is 6.23. The molecule has 0 spiro atoms. The summed E-state index contributed by atoms with van der Waals surface area (Å²) in [6.45, 7) is 1.97. The standard InChI is InChI=1S/C17H30N4O10/c18-5-7-30-9-10-31-8-6-19-13(22)3-1-11(15(25)26)20-17(29)21-12(16(27)28)2-4-14(23)24/h11-12H,1-10,18H2,(H,19,22)(H,23,24)(H,25,26)(H,27,28)(H2,20,21,29)/t11-,12-/m0/s1. The maximum atomic E-state index is 11.9. The summed E-state index contributed by atoms with van der Waals surface area (Å²) in [7, 11) is 0. The summed E-state index contributed by atoms with van der Waals surface area (Å²) in [6.07, 6.45) is -1.32. The minimum absolute atomic E-state index is 0.200. The van der Waals surface area contributed by atoms with Crippen LogP contribution in [-0.2, 0) is 28.7 Å². The molecule has 0 aromatic carbocycles. The van der Waals surface area contributed by atoms with Gasteiger partial charge in [-0.05, 0) is 12.8 Å². The molecule has 14 nitrogen and oxygen atoms in total.